The van der Waals surface area contributed by atoms with Gasteiger partial charge in [0.25, 0.3) is 5.91 Å². The molecule has 1 aliphatic rings. The molecule has 0 unspecified atom stereocenters. The molecule has 0 saturated heterocycles. The Balaban J connectivity index is 2.50. The minimum atomic E-state index is -0.304. The molecule has 0 saturated carbocycles. The van der Waals surface area contributed by atoms with Crippen molar-refractivity contribution in [3.05, 3.63) is 41.7 Å². The second-order valence-electron chi connectivity index (χ2n) is 3.72. The van der Waals surface area contributed by atoms with Crippen LogP contribution in [0.1, 0.15) is 12.5 Å². The number of hydrogen-bond acceptors (Lipinski definition) is 2. The van der Waals surface area contributed by atoms with Crippen molar-refractivity contribution in [2.75, 3.05) is 7.05 Å². The molecule has 78 valence electrons. The molecular weight excluding hydrogens is 190 g/mol. The normalized spacial score (nSPS) is 21.3. The molecule has 1 aromatic rings. The number of carbonyl (C=O) groups is 1. The van der Waals surface area contributed by atoms with E-state index in [1.807, 2.05) is 37.3 Å². The highest BCUT2D eigenvalue weighted by molar-refractivity contribution is 6.04. The molecule has 0 aromatic heterocycles. The van der Waals surface area contributed by atoms with Gasteiger partial charge in [0.1, 0.15) is 0 Å². The largest absolute Gasteiger partial charge is 0.503 e. The number of aliphatic hydroxyl groups excluding tert-OH is 1. The lowest BCUT2D eigenvalue weighted by Gasteiger charge is -2.17. The van der Waals surface area contributed by atoms with E-state index in [1.54, 1.807) is 7.05 Å². The van der Waals surface area contributed by atoms with Crippen LogP contribution in [0.4, 0.5) is 0 Å². The Morgan fingerprint density at radius 1 is 1.27 bits per heavy atom. The predicted octanol–water partition coefficient (Wildman–Crippen LogP) is 1.82. The van der Waals surface area contributed by atoms with Crippen molar-refractivity contribution in [1.82, 2.24) is 4.90 Å². The molecule has 15 heavy (non-hydrogen) atoms. The van der Waals surface area contributed by atoms with E-state index in [9.17, 15) is 9.90 Å². The first-order chi connectivity index (χ1) is 7.13. The summed E-state index contributed by atoms with van der Waals surface area (Å²) >= 11 is 0. The third kappa shape index (κ3) is 1.40. The Morgan fingerprint density at radius 3 is 2.33 bits per heavy atom. The van der Waals surface area contributed by atoms with Crippen molar-refractivity contribution < 1.29 is 9.90 Å². The van der Waals surface area contributed by atoms with E-state index >= 15 is 0 Å². The van der Waals surface area contributed by atoms with Gasteiger partial charge in [-0.1, -0.05) is 30.3 Å². The summed E-state index contributed by atoms with van der Waals surface area (Å²) in [6.07, 6.45) is 0. The Kier molecular flexibility index (Phi) is 2.23. The molecule has 1 atom stereocenters. The fourth-order valence-corrected chi connectivity index (χ4v) is 1.85. The first-order valence-corrected chi connectivity index (χ1v) is 4.88. The molecule has 3 heteroatoms. The Morgan fingerprint density at radius 2 is 1.87 bits per heavy atom. The van der Waals surface area contributed by atoms with Gasteiger partial charge in [-0.3, -0.25) is 4.79 Å². The number of likely N-dealkylation sites (N-methyl/N-ethyl adjacent to an activating group) is 1. The van der Waals surface area contributed by atoms with Gasteiger partial charge in [-0.05, 0) is 12.5 Å². The Bertz CT molecular complexity index is 423. The molecule has 1 aromatic carbocycles. The van der Waals surface area contributed by atoms with Gasteiger partial charge in [0.15, 0.2) is 5.76 Å². The summed E-state index contributed by atoms with van der Waals surface area (Å²) in [5.41, 5.74) is 1.61. The van der Waals surface area contributed by atoms with E-state index in [0.29, 0.717) is 5.57 Å². The van der Waals surface area contributed by atoms with Crippen LogP contribution in [-0.2, 0) is 4.79 Å². The molecule has 1 aliphatic heterocycles. The number of aliphatic hydroxyl groups is 1. The van der Waals surface area contributed by atoms with E-state index in [0.717, 1.165) is 5.56 Å². The second-order valence-corrected chi connectivity index (χ2v) is 3.72. The topological polar surface area (TPSA) is 40.5 Å². The molecule has 1 N–H and O–H groups in total. The summed E-state index contributed by atoms with van der Waals surface area (Å²) in [4.78, 5) is 13.1. The van der Waals surface area contributed by atoms with Gasteiger partial charge in [-0.15, -0.1) is 0 Å². The molecule has 1 amide bonds. The number of rotatable bonds is 1. The maximum absolute atomic E-state index is 11.5. The first kappa shape index (κ1) is 9.77. The second kappa shape index (κ2) is 3.42. The first-order valence-electron chi connectivity index (χ1n) is 4.88. The third-order valence-electron chi connectivity index (χ3n) is 2.86. The minimum absolute atomic E-state index is 0.0695. The summed E-state index contributed by atoms with van der Waals surface area (Å²) in [5.74, 6) is -0.433. The zero-order chi connectivity index (χ0) is 11.0. The molecule has 3 nitrogen and oxygen atoms in total. The highest BCUT2D eigenvalue weighted by Gasteiger charge is 2.34. The molecule has 1 heterocycles. The fraction of sp³-hybridized carbons (Fsp3) is 0.250. The van der Waals surface area contributed by atoms with E-state index in [2.05, 4.69) is 0 Å². The zero-order valence-electron chi connectivity index (χ0n) is 8.77. The minimum Gasteiger partial charge on any atom is -0.503 e. The lowest BCUT2D eigenvalue weighted by molar-refractivity contribution is -0.127. The average molecular weight is 203 g/mol. The van der Waals surface area contributed by atoms with Gasteiger partial charge in [0, 0.05) is 12.6 Å². The van der Waals surface area contributed by atoms with Crippen molar-refractivity contribution in [1.29, 1.82) is 0 Å². The zero-order valence-corrected chi connectivity index (χ0v) is 8.77. The van der Waals surface area contributed by atoms with Crippen LogP contribution in [0.2, 0.25) is 0 Å². The van der Waals surface area contributed by atoms with Gasteiger partial charge in [0.05, 0.1) is 6.04 Å². The van der Waals surface area contributed by atoms with Crippen LogP contribution in [0.25, 0.3) is 5.57 Å². The molecular formula is C12H13NO2. The molecule has 0 aliphatic carbocycles. The van der Waals surface area contributed by atoms with Gasteiger partial charge in [0.2, 0.25) is 0 Å². The van der Waals surface area contributed by atoms with Gasteiger partial charge < -0.3 is 10.0 Å². The molecule has 2 rings (SSSR count). The van der Waals surface area contributed by atoms with Crippen LogP contribution < -0.4 is 0 Å². The van der Waals surface area contributed by atoms with E-state index in [1.165, 1.54) is 4.90 Å². The average Bonchev–Trinajstić information content (AvgIpc) is 2.45. The summed E-state index contributed by atoms with van der Waals surface area (Å²) < 4.78 is 0. The summed E-state index contributed by atoms with van der Waals surface area (Å²) in [6.45, 7) is 1.91. The highest BCUT2D eigenvalue weighted by Crippen LogP contribution is 2.30. The summed E-state index contributed by atoms with van der Waals surface area (Å²) in [7, 11) is 1.69. The fourth-order valence-electron chi connectivity index (χ4n) is 1.85. The van der Waals surface area contributed by atoms with Crippen LogP contribution in [0, 0.1) is 0 Å². The third-order valence-corrected chi connectivity index (χ3v) is 2.86. The monoisotopic (exact) mass is 203 g/mol. The number of carbonyl (C=O) groups excluding carboxylic acids is 1. The van der Waals surface area contributed by atoms with Gasteiger partial charge in [-0.25, -0.2) is 0 Å². The number of benzene rings is 1. The highest BCUT2D eigenvalue weighted by atomic mass is 16.3. The van der Waals surface area contributed by atoms with Crippen LogP contribution in [-0.4, -0.2) is 29.0 Å². The lowest BCUT2D eigenvalue weighted by Crippen LogP contribution is -2.28. The number of hydrogen-bond donors (Lipinski definition) is 1. The van der Waals surface area contributed by atoms with Crippen molar-refractivity contribution >= 4 is 11.5 Å². The maximum atomic E-state index is 11.5. The van der Waals surface area contributed by atoms with Crippen molar-refractivity contribution in [2.45, 2.75) is 13.0 Å². The number of nitrogens with zero attached hydrogens (tertiary/aromatic N) is 1. The molecule has 0 fully saturated rings. The quantitative estimate of drug-likeness (QED) is 0.756. The SMILES string of the molecule is C[C@H]1C(c2ccccc2)=C(O)C(=O)N1C. The Hall–Kier alpha value is -1.77. The maximum Gasteiger partial charge on any atom is 0.289 e. The van der Waals surface area contributed by atoms with Crippen molar-refractivity contribution in [3.8, 4) is 0 Å². The molecule has 0 spiro atoms. The standard InChI is InChI=1S/C12H13NO2/c1-8-10(9-6-4-3-5-7-9)11(14)12(15)13(8)2/h3-8,14H,1-2H3/t8-/m0/s1. The smallest absolute Gasteiger partial charge is 0.289 e. The number of amides is 1. The van der Waals surface area contributed by atoms with E-state index in [-0.39, 0.29) is 17.7 Å². The van der Waals surface area contributed by atoms with Crippen molar-refractivity contribution in [2.24, 2.45) is 0 Å². The summed E-state index contributed by atoms with van der Waals surface area (Å²) in [6, 6.07) is 9.42. The van der Waals surface area contributed by atoms with E-state index in [4.69, 9.17) is 0 Å². The van der Waals surface area contributed by atoms with E-state index < -0.39 is 0 Å². The van der Waals surface area contributed by atoms with Crippen molar-refractivity contribution in [3.63, 3.8) is 0 Å². The van der Waals surface area contributed by atoms with Crippen LogP contribution in [0.5, 0.6) is 0 Å². The molecule has 0 bridgehead atoms. The predicted molar refractivity (Wildman–Crippen MR) is 58.2 cm³/mol. The van der Waals surface area contributed by atoms with Gasteiger partial charge >= 0.3 is 0 Å². The molecule has 0 radical (unpaired) electrons. The lowest BCUT2D eigenvalue weighted by atomic mass is 10.0. The van der Waals surface area contributed by atoms with Crippen LogP contribution >= 0.6 is 0 Å². The van der Waals surface area contributed by atoms with Gasteiger partial charge in [-0.2, -0.15) is 0 Å². The van der Waals surface area contributed by atoms with Crippen LogP contribution in [0.15, 0.2) is 36.1 Å². The van der Waals surface area contributed by atoms with Crippen LogP contribution in [0.3, 0.4) is 0 Å². The summed E-state index contributed by atoms with van der Waals surface area (Å²) in [5, 5.41) is 9.74. The Labute approximate surface area is 88.6 Å².